The molecular formula is C27H24Cl2FN5O4S. The van der Waals surface area contributed by atoms with E-state index in [2.05, 4.69) is 20.9 Å². The maximum Gasteiger partial charge on any atom is 0.265 e. The lowest BCUT2D eigenvalue weighted by molar-refractivity contribution is -0.125. The van der Waals surface area contributed by atoms with Crippen LogP contribution in [0.25, 0.3) is 0 Å². The van der Waals surface area contributed by atoms with E-state index in [4.69, 9.17) is 23.2 Å². The van der Waals surface area contributed by atoms with Gasteiger partial charge in [0.1, 0.15) is 17.7 Å². The molecule has 40 heavy (non-hydrogen) atoms. The van der Waals surface area contributed by atoms with Gasteiger partial charge in [-0.1, -0.05) is 47.5 Å². The number of hydrogen-bond acceptors (Lipinski definition) is 6. The van der Waals surface area contributed by atoms with E-state index in [1.54, 1.807) is 0 Å². The quantitative estimate of drug-likeness (QED) is 0.362. The highest BCUT2D eigenvalue weighted by molar-refractivity contribution is 7.93. The third kappa shape index (κ3) is 5.77. The van der Waals surface area contributed by atoms with Crippen LogP contribution in [0.2, 0.25) is 10.0 Å². The summed E-state index contributed by atoms with van der Waals surface area (Å²) < 4.78 is 42.5. The van der Waals surface area contributed by atoms with E-state index in [1.165, 1.54) is 18.2 Å². The van der Waals surface area contributed by atoms with Crippen LogP contribution < -0.4 is 20.3 Å². The first-order valence-corrected chi connectivity index (χ1v) is 14.6. The first-order valence-electron chi connectivity index (χ1n) is 12.4. The third-order valence-corrected chi connectivity index (χ3v) is 9.06. The molecule has 0 radical (unpaired) electrons. The molecule has 13 heteroatoms. The Hall–Kier alpha value is -3.67. The number of amides is 2. The van der Waals surface area contributed by atoms with E-state index in [9.17, 15) is 22.4 Å². The topological polar surface area (TPSA) is 120 Å². The largest absolute Gasteiger partial charge is 0.368 e. The van der Waals surface area contributed by atoms with E-state index in [0.717, 1.165) is 52.6 Å². The fourth-order valence-corrected chi connectivity index (χ4v) is 6.53. The zero-order valence-corrected chi connectivity index (χ0v) is 23.3. The van der Waals surface area contributed by atoms with Gasteiger partial charge in [0.05, 0.1) is 39.3 Å². The molecule has 0 bridgehead atoms. The molecule has 5 rings (SSSR count). The summed E-state index contributed by atoms with van der Waals surface area (Å²) in [6.07, 6.45) is 0.0227. The molecule has 0 fully saturated rings. The predicted molar refractivity (Wildman–Crippen MR) is 152 cm³/mol. The van der Waals surface area contributed by atoms with Gasteiger partial charge in [-0.25, -0.2) is 12.8 Å². The summed E-state index contributed by atoms with van der Waals surface area (Å²) in [5.74, 6) is -1.13. The summed E-state index contributed by atoms with van der Waals surface area (Å²) in [6.45, 7) is 1.82. The zero-order valence-electron chi connectivity index (χ0n) is 21.0. The first-order chi connectivity index (χ1) is 19.1. The van der Waals surface area contributed by atoms with Gasteiger partial charge in [-0.3, -0.25) is 18.9 Å². The molecule has 3 aromatic carbocycles. The second-order valence-electron chi connectivity index (χ2n) is 9.20. The second-order valence-corrected chi connectivity index (χ2v) is 11.8. The summed E-state index contributed by atoms with van der Waals surface area (Å²) in [5, 5.41) is 8.65. The Balaban J connectivity index is 1.33. The van der Waals surface area contributed by atoms with Crippen molar-refractivity contribution in [3.05, 3.63) is 87.7 Å². The van der Waals surface area contributed by atoms with Gasteiger partial charge in [0.25, 0.3) is 10.0 Å². The van der Waals surface area contributed by atoms with Crippen molar-refractivity contribution in [3.8, 4) is 0 Å². The average Bonchev–Trinajstić information content (AvgIpc) is 3.46. The lowest BCUT2D eigenvalue weighted by Crippen LogP contribution is -2.52. The van der Waals surface area contributed by atoms with Crippen LogP contribution >= 0.6 is 23.2 Å². The Morgan fingerprint density at radius 3 is 2.55 bits per heavy atom. The highest BCUT2D eigenvalue weighted by Gasteiger charge is 2.42. The number of nitrogens with one attached hydrogen (secondary N) is 3. The standard InChI is InChI=1S/C27H24Cl2FN5O4S/c28-20-7-6-19(14-21(20)29)40(38,39)35-23-13-18(30)5-8-22(23)34-27(37)24(35)15-25(36)31-10-9-16-1-3-17(4-2-16)26-32-11-12-33-26/h1-8,13-14,24H,9-12,15H2,(H,31,36)(H,32,33)(H,34,37). The van der Waals surface area contributed by atoms with Crippen LogP contribution in [-0.4, -0.2) is 51.7 Å². The molecular weight excluding hydrogens is 580 g/mol. The SMILES string of the molecule is O=C(CC1C(=O)Nc2ccc(F)cc2N1S(=O)(=O)c1ccc(Cl)c(Cl)c1)NCCc1ccc(C2=NCCN2)cc1. The number of rotatable bonds is 8. The van der Waals surface area contributed by atoms with E-state index in [-0.39, 0.29) is 32.9 Å². The molecule has 3 aromatic rings. The van der Waals surface area contributed by atoms with Crippen LogP contribution in [0.5, 0.6) is 0 Å². The van der Waals surface area contributed by atoms with Crippen molar-refractivity contribution in [2.24, 2.45) is 4.99 Å². The number of sulfonamides is 1. The number of carbonyl (C=O) groups is 2. The average molecular weight is 604 g/mol. The van der Waals surface area contributed by atoms with Crippen LogP contribution in [0, 0.1) is 5.82 Å². The van der Waals surface area contributed by atoms with Crippen molar-refractivity contribution in [3.63, 3.8) is 0 Å². The molecule has 3 N–H and O–H groups in total. The van der Waals surface area contributed by atoms with Crippen molar-refractivity contribution in [2.45, 2.75) is 23.8 Å². The van der Waals surface area contributed by atoms with Crippen LogP contribution in [0.15, 0.2) is 70.6 Å². The van der Waals surface area contributed by atoms with Gasteiger partial charge in [-0.15, -0.1) is 0 Å². The van der Waals surface area contributed by atoms with Gasteiger partial charge in [0, 0.05) is 24.7 Å². The van der Waals surface area contributed by atoms with Gasteiger partial charge in [0.2, 0.25) is 11.8 Å². The van der Waals surface area contributed by atoms with E-state index in [0.29, 0.717) is 6.42 Å². The van der Waals surface area contributed by atoms with E-state index in [1.807, 2.05) is 24.3 Å². The molecule has 0 saturated heterocycles. The highest BCUT2D eigenvalue weighted by atomic mass is 35.5. The van der Waals surface area contributed by atoms with Crippen LogP contribution in [0.3, 0.4) is 0 Å². The summed E-state index contributed by atoms with van der Waals surface area (Å²) in [6, 6.07) is 13.3. The molecule has 0 aromatic heterocycles. The van der Waals surface area contributed by atoms with Crippen molar-refractivity contribution in [2.75, 3.05) is 29.3 Å². The maximum absolute atomic E-state index is 14.2. The minimum absolute atomic E-state index is 0.0153. The van der Waals surface area contributed by atoms with Crippen molar-refractivity contribution in [1.29, 1.82) is 0 Å². The smallest absolute Gasteiger partial charge is 0.265 e. The fourth-order valence-electron chi connectivity index (χ4n) is 4.52. The molecule has 208 valence electrons. The first kappa shape index (κ1) is 27.9. The Kier molecular flexibility index (Phi) is 7.97. The second kappa shape index (κ2) is 11.4. The molecule has 9 nitrogen and oxygen atoms in total. The van der Waals surface area contributed by atoms with Crippen LogP contribution in [0.4, 0.5) is 15.8 Å². The van der Waals surface area contributed by atoms with Gasteiger partial charge < -0.3 is 16.0 Å². The highest BCUT2D eigenvalue weighted by Crippen LogP contribution is 2.38. The number of aliphatic imine (C=N–C) groups is 1. The molecule has 0 spiro atoms. The lowest BCUT2D eigenvalue weighted by atomic mass is 10.1. The number of fused-ring (bicyclic) bond motifs is 1. The van der Waals surface area contributed by atoms with Crippen molar-refractivity contribution in [1.82, 2.24) is 10.6 Å². The minimum Gasteiger partial charge on any atom is -0.368 e. The number of halogens is 3. The van der Waals surface area contributed by atoms with Crippen LogP contribution in [-0.2, 0) is 26.0 Å². The number of nitrogens with zero attached hydrogens (tertiary/aromatic N) is 2. The summed E-state index contributed by atoms with van der Waals surface area (Å²) >= 11 is 12.0. The van der Waals surface area contributed by atoms with E-state index >= 15 is 0 Å². The van der Waals surface area contributed by atoms with Gasteiger partial charge >= 0.3 is 0 Å². The van der Waals surface area contributed by atoms with Gasteiger partial charge in [0.15, 0.2) is 0 Å². The Labute approximate surface area is 240 Å². The zero-order chi connectivity index (χ0) is 28.4. The number of carbonyl (C=O) groups excluding carboxylic acids is 2. The Morgan fingerprint density at radius 2 is 1.85 bits per heavy atom. The summed E-state index contributed by atoms with van der Waals surface area (Å²) in [7, 11) is -4.47. The normalized spacial score (nSPS) is 16.6. The van der Waals surface area contributed by atoms with Crippen molar-refractivity contribution >= 4 is 62.2 Å². The minimum atomic E-state index is -4.47. The fraction of sp³-hybridized carbons (Fsp3) is 0.222. The maximum atomic E-state index is 14.2. The number of anilines is 2. The number of benzene rings is 3. The monoisotopic (exact) mass is 603 g/mol. The van der Waals surface area contributed by atoms with Crippen molar-refractivity contribution < 1.29 is 22.4 Å². The molecule has 1 unspecified atom stereocenters. The summed E-state index contributed by atoms with van der Waals surface area (Å²) in [4.78, 5) is 30.1. The number of amidine groups is 1. The molecule has 2 amide bonds. The van der Waals surface area contributed by atoms with Gasteiger partial charge in [-0.2, -0.15) is 0 Å². The van der Waals surface area contributed by atoms with Gasteiger partial charge in [-0.05, 0) is 42.3 Å². The molecule has 2 heterocycles. The Morgan fingerprint density at radius 1 is 1.07 bits per heavy atom. The number of hydrogen-bond donors (Lipinski definition) is 3. The van der Waals surface area contributed by atoms with Crippen LogP contribution in [0.1, 0.15) is 17.5 Å². The molecule has 2 aliphatic rings. The molecule has 0 saturated carbocycles. The third-order valence-electron chi connectivity index (χ3n) is 6.50. The Bertz CT molecular complexity index is 1620. The molecule has 1 atom stereocenters. The summed E-state index contributed by atoms with van der Waals surface area (Å²) in [5.41, 5.74) is 1.94. The lowest BCUT2D eigenvalue weighted by Gasteiger charge is -2.36. The van der Waals surface area contributed by atoms with E-state index < -0.39 is 40.1 Å². The molecule has 0 aliphatic carbocycles. The molecule has 2 aliphatic heterocycles. The predicted octanol–water partition coefficient (Wildman–Crippen LogP) is 3.75.